The van der Waals surface area contributed by atoms with Crippen LogP contribution in [-0.4, -0.2) is 6.04 Å². The fourth-order valence-corrected chi connectivity index (χ4v) is 5.22. The predicted octanol–water partition coefficient (Wildman–Crippen LogP) is 3.88. The summed E-state index contributed by atoms with van der Waals surface area (Å²) in [6.07, 6.45) is 6.81. The molecule has 0 spiro atoms. The van der Waals surface area contributed by atoms with Crippen molar-refractivity contribution in [1.29, 1.82) is 0 Å². The Hall–Kier alpha value is -0.960. The van der Waals surface area contributed by atoms with Crippen LogP contribution in [0.5, 0.6) is 0 Å². The zero-order valence-corrected chi connectivity index (χ0v) is 11.6. The van der Waals surface area contributed by atoms with Crippen LogP contribution < -0.4 is 5.32 Å². The van der Waals surface area contributed by atoms with E-state index in [2.05, 4.69) is 5.32 Å². The molecule has 20 heavy (non-hydrogen) atoms. The predicted molar refractivity (Wildman–Crippen MR) is 74.0 cm³/mol. The molecule has 5 unspecified atom stereocenters. The van der Waals surface area contributed by atoms with Gasteiger partial charge in [0.25, 0.3) is 0 Å². The first kappa shape index (κ1) is 12.8. The summed E-state index contributed by atoms with van der Waals surface area (Å²) < 4.78 is 26.8. The van der Waals surface area contributed by atoms with E-state index in [1.165, 1.54) is 50.3 Å². The molecule has 3 aliphatic rings. The van der Waals surface area contributed by atoms with Crippen LogP contribution in [0.4, 0.5) is 8.78 Å². The minimum Gasteiger partial charge on any atom is -0.310 e. The first-order chi connectivity index (χ1) is 9.72. The van der Waals surface area contributed by atoms with Gasteiger partial charge in [0.05, 0.1) is 0 Å². The Labute approximate surface area is 118 Å². The van der Waals surface area contributed by atoms with E-state index in [0.29, 0.717) is 18.2 Å². The van der Waals surface area contributed by atoms with Gasteiger partial charge < -0.3 is 5.32 Å². The monoisotopic (exact) mass is 277 g/mol. The van der Waals surface area contributed by atoms with Gasteiger partial charge in [0.1, 0.15) is 11.6 Å². The minimum absolute atomic E-state index is 0.305. The van der Waals surface area contributed by atoms with Crippen molar-refractivity contribution >= 4 is 0 Å². The molecule has 0 radical (unpaired) electrons. The molecular formula is C17H21F2N. The van der Waals surface area contributed by atoms with E-state index < -0.39 is 0 Å². The molecule has 3 heteroatoms. The average molecular weight is 277 g/mol. The molecule has 4 rings (SSSR count). The topological polar surface area (TPSA) is 12.0 Å². The first-order valence-corrected chi connectivity index (χ1v) is 7.89. The maximum Gasteiger partial charge on any atom is 0.127 e. The van der Waals surface area contributed by atoms with E-state index >= 15 is 0 Å². The fraction of sp³-hybridized carbons (Fsp3) is 0.647. The van der Waals surface area contributed by atoms with Crippen LogP contribution in [0.2, 0.25) is 0 Å². The summed E-state index contributed by atoms with van der Waals surface area (Å²) in [6, 6.07) is 4.23. The Morgan fingerprint density at radius 3 is 2.80 bits per heavy atom. The Morgan fingerprint density at radius 1 is 1.05 bits per heavy atom. The van der Waals surface area contributed by atoms with Gasteiger partial charge in [0.2, 0.25) is 0 Å². The smallest absolute Gasteiger partial charge is 0.127 e. The Bertz CT molecular complexity index is 516. The van der Waals surface area contributed by atoms with Crippen molar-refractivity contribution in [3.8, 4) is 0 Å². The van der Waals surface area contributed by atoms with E-state index in [1.54, 1.807) is 0 Å². The molecule has 0 aliphatic heterocycles. The van der Waals surface area contributed by atoms with Crippen LogP contribution >= 0.6 is 0 Å². The van der Waals surface area contributed by atoms with Crippen molar-refractivity contribution in [3.63, 3.8) is 0 Å². The van der Waals surface area contributed by atoms with E-state index in [-0.39, 0.29) is 11.6 Å². The first-order valence-electron chi connectivity index (χ1n) is 7.89. The number of nitrogens with one attached hydrogen (secondary N) is 1. The molecule has 0 aromatic heterocycles. The third-order valence-corrected chi connectivity index (χ3v) is 5.99. The summed E-state index contributed by atoms with van der Waals surface area (Å²) in [7, 11) is 0. The van der Waals surface area contributed by atoms with Gasteiger partial charge in [-0.05, 0) is 67.6 Å². The average Bonchev–Trinajstić information content (AvgIpc) is 3.10. The van der Waals surface area contributed by atoms with Crippen molar-refractivity contribution in [2.75, 3.05) is 0 Å². The van der Waals surface area contributed by atoms with Crippen LogP contribution in [0.25, 0.3) is 0 Å². The zero-order valence-electron chi connectivity index (χ0n) is 11.6. The van der Waals surface area contributed by atoms with Crippen molar-refractivity contribution in [1.82, 2.24) is 5.32 Å². The number of hydrogen-bond donors (Lipinski definition) is 1. The Kier molecular flexibility index (Phi) is 3.06. The second-order valence-corrected chi connectivity index (χ2v) is 6.88. The summed E-state index contributed by atoms with van der Waals surface area (Å²) in [4.78, 5) is 0. The van der Waals surface area contributed by atoms with Gasteiger partial charge in [-0.25, -0.2) is 8.78 Å². The van der Waals surface area contributed by atoms with E-state index in [4.69, 9.17) is 0 Å². The maximum atomic E-state index is 13.6. The van der Waals surface area contributed by atoms with Crippen LogP contribution in [0, 0.1) is 35.3 Å². The quantitative estimate of drug-likeness (QED) is 0.884. The highest BCUT2D eigenvalue weighted by molar-refractivity contribution is 5.19. The fourth-order valence-electron chi connectivity index (χ4n) is 5.22. The second-order valence-electron chi connectivity index (χ2n) is 6.88. The lowest BCUT2D eigenvalue weighted by molar-refractivity contribution is 0.207. The summed E-state index contributed by atoms with van der Waals surface area (Å²) in [5.41, 5.74) is 0.454. The highest BCUT2D eigenvalue weighted by Crippen LogP contribution is 2.58. The lowest BCUT2D eigenvalue weighted by Gasteiger charge is -2.32. The number of fused-ring (bicyclic) bond motifs is 5. The number of hydrogen-bond acceptors (Lipinski definition) is 1. The number of benzene rings is 1. The van der Waals surface area contributed by atoms with Crippen LogP contribution in [0.3, 0.4) is 0 Å². The third-order valence-electron chi connectivity index (χ3n) is 5.99. The minimum atomic E-state index is -0.355. The van der Waals surface area contributed by atoms with Crippen LogP contribution in [-0.2, 0) is 6.54 Å². The van der Waals surface area contributed by atoms with Gasteiger partial charge in [-0.15, -0.1) is 0 Å². The summed E-state index contributed by atoms with van der Waals surface area (Å²) >= 11 is 0. The Morgan fingerprint density at radius 2 is 1.90 bits per heavy atom. The van der Waals surface area contributed by atoms with Gasteiger partial charge in [-0.2, -0.15) is 0 Å². The molecule has 0 heterocycles. The maximum absolute atomic E-state index is 13.6. The third kappa shape index (κ3) is 1.98. The van der Waals surface area contributed by atoms with Crippen molar-refractivity contribution < 1.29 is 8.78 Å². The van der Waals surface area contributed by atoms with Gasteiger partial charge >= 0.3 is 0 Å². The molecule has 1 nitrogen and oxygen atoms in total. The number of rotatable bonds is 3. The molecule has 1 aromatic carbocycles. The van der Waals surface area contributed by atoms with Crippen molar-refractivity contribution in [2.24, 2.45) is 23.7 Å². The normalized spacial score (nSPS) is 38.4. The molecular weight excluding hydrogens is 256 g/mol. The molecule has 1 aromatic rings. The molecule has 0 amide bonds. The molecule has 5 atom stereocenters. The SMILES string of the molecule is Fc1ccc(F)c(CNC2CC3CC2C2CCCC32)c1. The largest absolute Gasteiger partial charge is 0.310 e. The summed E-state index contributed by atoms with van der Waals surface area (Å²) in [6.45, 7) is 0.453. The van der Waals surface area contributed by atoms with Crippen molar-refractivity contribution in [3.05, 3.63) is 35.4 Å². The molecule has 1 N–H and O–H groups in total. The van der Waals surface area contributed by atoms with Crippen LogP contribution in [0.15, 0.2) is 18.2 Å². The van der Waals surface area contributed by atoms with Crippen molar-refractivity contribution in [2.45, 2.75) is 44.7 Å². The highest BCUT2D eigenvalue weighted by atomic mass is 19.1. The lowest BCUT2D eigenvalue weighted by Crippen LogP contribution is -2.39. The molecule has 3 saturated carbocycles. The highest BCUT2D eigenvalue weighted by Gasteiger charge is 2.53. The number of halogens is 2. The van der Waals surface area contributed by atoms with Gasteiger partial charge in [-0.1, -0.05) is 6.42 Å². The van der Waals surface area contributed by atoms with Gasteiger partial charge in [0, 0.05) is 18.2 Å². The van der Waals surface area contributed by atoms with E-state index in [1.807, 2.05) is 0 Å². The van der Waals surface area contributed by atoms with Gasteiger partial charge in [-0.3, -0.25) is 0 Å². The van der Waals surface area contributed by atoms with E-state index in [0.717, 1.165) is 23.7 Å². The molecule has 2 bridgehead atoms. The zero-order chi connectivity index (χ0) is 13.7. The molecule has 0 saturated heterocycles. The van der Waals surface area contributed by atoms with E-state index in [9.17, 15) is 8.78 Å². The Balaban J connectivity index is 1.42. The van der Waals surface area contributed by atoms with Gasteiger partial charge in [0.15, 0.2) is 0 Å². The standard InChI is InChI=1S/C17H21F2N/c18-12-4-5-16(19)11(6-12)9-20-17-8-10-7-15(17)14-3-1-2-13(10)14/h4-6,10,13-15,17,20H,1-3,7-9H2. The second kappa shape index (κ2) is 4.80. The molecule has 108 valence electrons. The lowest BCUT2D eigenvalue weighted by atomic mass is 9.79. The summed E-state index contributed by atoms with van der Waals surface area (Å²) in [5, 5.41) is 3.50. The molecule has 3 fully saturated rings. The summed E-state index contributed by atoms with van der Waals surface area (Å²) in [5.74, 6) is 2.90. The molecule has 3 aliphatic carbocycles. The van der Waals surface area contributed by atoms with Crippen LogP contribution in [0.1, 0.15) is 37.7 Å².